The van der Waals surface area contributed by atoms with Gasteiger partial charge in [-0.05, 0) is 38.7 Å². The maximum atomic E-state index is 12.1. The fourth-order valence-corrected chi connectivity index (χ4v) is 3.94. The van der Waals surface area contributed by atoms with Crippen LogP contribution in [-0.4, -0.2) is 40.0 Å². The van der Waals surface area contributed by atoms with E-state index in [-0.39, 0.29) is 11.4 Å². The summed E-state index contributed by atoms with van der Waals surface area (Å²) in [5, 5.41) is 3.39. The number of carbonyl (C=O) groups excluding carboxylic acids is 1. The van der Waals surface area contributed by atoms with Gasteiger partial charge in [-0.1, -0.05) is 44.2 Å². The molecule has 6 heteroatoms. The predicted octanol–water partition coefficient (Wildman–Crippen LogP) is 4.30. The Morgan fingerprint density at radius 3 is 2.50 bits per heavy atom. The molecule has 0 aliphatic carbocycles. The molecular formula is C24H34N4O2. The molecule has 1 aromatic heterocycles. The first-order valence-electron chi connectivity index (χ1n) is 11.0. The van der Waals surface area contributed by atoms with Crippen molar-refractivity contribution in [3.05, 3.63) is 53.3 Å². The van der Waals surface area contributed by atoms with E-state index in [2.05, 4.69) is 60.3 Å². The number of aryl methyl sites for hydroxylation is 1. The second-order valence-electron chi connectivity index (χ2n) is 8.32. The normalized spacial score (nSPS) is 17.7. The molecule has 2 aliphatic rings. The molecule has 0 unspecified atom stereocenters. The Morgan fingerprint density at radius 1 is 1.20 bits per heavy atom. The monoisotopic (exact) mass is 410 g/mol. The number of fused-ring (bicyclic) bond motifs is 1. The molecule has 0 atom stereocenters. The van der Waals surface area contributed by atoms with Gasteiger partial charge in [0.15, 0.2) is 0 Å². The Labute approximate surface area is 180 Å². The summed E-state index contributed by atoms with van der Waals surface area (Å²) in [6.07, 6.45) is 5.48. The summed E-state index contributed by atoms with van der Waals surface area (Å²) in [7, 11) is 0. The van der Waals surface area contributed by atoms with E-state index in [0.29, 0.717) is 25.0 Å². The molecule has 0 spiro atoms. The van der Waals surface area contributed by atoms with Crippen molar-refractivity contribution in [3.63, 3.8) is 0 Å². The van der Waals surface area contributed by atoms with Crippen molar-refractivity contribution in [2.24, 2.45) is 0 Å². The summed E-state index contributed by atoms with van der Waals surface area (Å²) in [6, 6.07) is 10.8. The molecule has 0 radical (unpaired) electrons. The third kappa shape index (κ3) is 5.17. The fourth-order valence-electron chi connectivity index (χ4n) is 3.94. The smallest absolute Gasteiger partial charge is 0.223 e. The van der Waals surface area contributed by atoms with Crippen LogP contribution in [-0.2, 0) is 28.0 Å². The SMILES string of the molecule is CCC(=O)N1Cc2nc(NC3CCOCC3)ncc2C1(C)C.CCc1ccccc1. The van der Waals surface area contributed by atoms with Crippen molar-refractivity contribution in [1.29, 1.82) is 0 Å². The molecule has 30 heavy (non-hydrogen) atoms. The van der Waals surface area contributed by atoms with Crippen molar-refractivity contribution in [1.82, 2.24) is 14.9 Å². The highest BCUT2D eigenvalue weighted by Gasteiger charge is 2.41. The molecule has 6 nitrogen and oxygen atoms in total. The number of ether oxygens (including phenoxy) is 1. The van der Waals surface area contributed by atoms with E-state index < -0.39 is 0 Å². The summed E-state index contributed by atoms with van der Waals surface area (Å²) in [5.41, 5.74) is 3.08. The second-order valence-corrected chi connectivity index (χ2v) is 8.32. The summed E-state index contributed by atoms with van der Waals surface area (Å²) in [5.74, 6) is 0.814. The first-order chi connectivity index (χ1) is 14.5. The zero-order valence-electron chi connectivity index (χ0n) is 18.6. The lowest BCUT2D eigenvalue weighted by Gasteiger charge is -2.31. The third-order valence-corrected chi connectivity index (χ3v) is 5.92. The minimum atomic E-state index is -0.334. The van der Waals surface area contributed by atoms with Crippen molar-refractivity contribution < 1.29 is 9.53 Å². The standard InChI is InChI=1S/C16H24N4O2.C8H10/c1-4-14(21)20-10-13-12(16(20,2)3)9-17-15(19-13)18-11-5-7-22-8-6-11;1-2-8-6-4-3-5-7-8/h9,11H,4-8,10H2,1-3H3,(H,17,18,19);3-7H,2H2,1H3. The topological polar surface area (TPSA) is 67.4 Å². The predicted molar refractivity (Wildman–Crippen MR) is 119 cm³/mol. The minimum absolute atomic E-state index is 0.155. The number of amides is 1. The van der Waals surface area contributed by atoms with Gasteiger partial charge in [-0.15, -0.1) is 0 Å². The van der Waals surface area contributed by atoms with E-state index in [0.717, 1.165) is 43.7 Å². The number of hydrogen-bond donors (Lipinski definition) is 1. The maximum Gasteiger partial charge on any atom is 0.223 e. The van der Waals surface area contributed by atoms with E-state index >= 15 is 0 Å². The summed E-state index contributed by atoms with van der Waals surface area (Å²) in [4.78, 5) is 23.2. The van der Waals surface area contributed by atoms with Gasteiger partial charge in [0.05, 0.1) is 17.8 Å². The van der Waals surface area contributed by atoms with Crippen LogP contribution in [0.4, 0.5) is 5.95 Å². The lowest BCUT2D eigenvalue weighted by atomic mass is 9.97. The number of hydrogen-bond acceptors (Lipinski definition) is 5. The first kappa shape index (κ1) is 22.2. The molecular weight excluding hydrogens is 376 g/mol. The summed E-state index contributed by atoms with van der Waals surface area (Å²) < 4.78 is 5.37. The molecule has 2 aliphatic heterocycles. The maximum absolute atomic E-state index is 12.1. The Balaban J connectivity index is 0.000000269. The van der Waals surface area contributed by atoms with Crippen LogP contribution >= 0.6 is 0 Å². The van der Waals surface area contributed by atoms with E-state index in [1.807, 2.05) is 24.1 Å². The number of nitrogens with one attached hydrogen (secondary N) is 1. The van der Waals surface area contributed by atoms with Gasteiger partial charge in [-0.25, -0.2) is 9.97 Å². The molecule has 1 N–H and O–H groups in total. The number of benzene rings is 1. The second kappa shape index (κ2) is 10.0. The molecule has 0 saturated carbocycles. The number of rotatable bonds is 4. The molecule has 4 rings (SSSR count). The average Bonchev–Trinajstić information content (AvgIpc) is 3.05. The fraction of sp³-hybridized carbons (Fsp3) is 0.542. The quantitative estimate of drug-likeness (QED) is 0.814. The molecule has 1 saturated heterocycles. The van der Waals surface area contributed by atoms with Crippen LogP contribution in [0, 0.1) is 0 Å². The van der Waals surface area contributed by atoms with Gasteiger partial charge in [0.25, 0.3) is 0 Å². The van der Waals surface area contributed by atoms with Crippen LogP contribution in [0.25, 0.3) is 0 Å². The van der Waals surface area contributed by atoms with E-state index in [4.69, 9.17) is 4.74 Å². The van der Waals surface area contributed by atoms with Gasteiger partial charge in [0.2, 0.25) is 11.9 Å². The number of aromatic nitrogens is 2. The van der Waals surface area contributed by atoms with Gasteiger partial charge in [-0.2, -0.15) is 0 Å². The molecule has 1 fully saturated rings. The molecule has 1 amide bonds. The number of carbonyl (C=O) groups is 1. The minimum Gasteiger partial charge on any atom is -0.381 e. The molecule has 162 valence electrons. The van der Waals surface area contributed by atoms with Crippen molar-refractivity contribution in [3.8, 4) is 0 Å². The lowest BCUT2D eigenvalue weighted by molar-refractivity contribution is -0.136. The Hall–Kier alpha value is -2.47. The summed E-state index contributed by atoms with van der Waals surface area (Å²) in [6.45, 7) is 10.3. The highest BCUT2D eigenvalue weighted by atomic mass is 16.5. The zero-order chi connectivity index (χ0) is 21.6. The largest absolute Gasteiger partial charge is 0.381 e. The molecule has 3 heterocycles. The highest BCUT2D eigenvalue weighted by Crippen LogP contribution is 2.38. The lowest BCUT2D eigenvalue weighted by Crippen LogP contribution is -2.39. The van der Waals surface area contributed by atoms with Gasteiger partial charge < -0.3 is 15.0 Å². The van der Waals surface area contributed by atoms with Crippen LogP contribution < -0.4 is 5.32 Å². The van der Waals surface area contributed by atoms with Crippen molar-refractivity contribution in [2.45, 2.75) is 71.5 Å². The van der Waals surface area contributed by atoms with Crippen LogP contribution in [0.3, 0.4) is 0 Å². The van der Waals surface area contributed by atoms with Crippen LogP contribution in [0.1, 0.15) is 63.8 Å². The third-order valence-electron chi connectivity index (χ3n) is 5.92. The zero-order valence-corrected chi connectivity index (χ0v) is 18.6. The Morgan fingerprint density at radius 2 is 1.90 bits per heavy atom. The highest BCUT2D eigenvalue weighted by molar-refractivity contribution is 5.77. The van der Waals surface area contributed by atoms with Gasteiger partial charge in [0, 0.05) is 37.4 Å². The van der Waals surface area contributed by atoms with Crippen molar-refractivity contribution >= 4 is 11.9 Å². The average molecular weight is 411 g/mol. The van der Waals surface area contributed by atoms with Gasteiger partial charge in [0.1, 0.15) is 0 Å². The molecule has 1 aromatic carbocycles. The van der Waals surface area contributed by atoms with Crippen LogP contribution in [0.2, 0.25) is 0 Å². The molecule has 0 bridgehead atoms. The van der Waals surface area contributed by atoms with Crippen LogP contribution in [0.5, 0.6) is 0 Å². The number of nitrogens with zero attached hydrogens (tertiary/aromatic N) is 3. The van der Waals surface area contributed by atoms with Gasteiger partial charge >= 0.3 is 0 Å². The molecule has 2 aromatic rings. The van der Waals surface area contributed by atoms with Gasteiger partial charge in [-0.3, -0.25) is 4.79 Å². The van der Waals surface area contributed by atoms with E-state index in [9.17, 15) is 4.79 Å². The van der Waals surface area contributed by atoms with E-state index in [1.165, 1.54) is 5.56 Å². The van der Waals surface area contributed by atoms with Crippen molar-refractivity contribution in [2.75, 3.05) is 18.5 Å². The Bertz CT molecular complexity index is 832. The number of anilines is 1. The van der Waals surface area contributed by atoms with E-state index in [1.54, 1.807) is 0 Å². The summed E-state index contributed by atoms with van der Waals surface area (Å²) >= 11 is 0. The van der Waals surface area contributed by atoms with Crippen LogP contribution in [0.15, 0.2) is 36.5 Å². The first-order valence-corrected chi connectivity index (χ1v) is 11.0. The Kier molecular flexibility index (Phi) is 7.43.